The quantitative estimate of drug-likeness (QED) is 0.442. The fraction of sp³-hybridized carbons (Fsp3) is 0.500. The average molecular weight is 321 g/mol. The number of nitrogens with zero attached hydrogens (tertiary/aromatic N) is 1. The smallest absolute Gasteiger partial charge is 0.187 e. The molecular weight excluding hydrogens is 298 g/mol. The van der Waals surface area contributed by atoms with Crippen molar-refractivity contribution in [1.29, 1.82) is 0 Å². The third kappa shape index (κ3) is 5.18. The second kappa shape index (κ2) is 8.58. The zero-order valence-corrected chi connectivity index (χ0v) is 13.7. The minimum Gasteiger partial charge on any atom is -0.504 e. The van der Waals surface area contributed by atoms with E-state index in [2.05, 4.69) is 15.8 Å². The van der Waals surface area contributed by atoms with Gasteiger partial charge in [-0.15, -0.1) is 0 Å². The molecule has 1 saturated carbocycles. The van der Waals surface area contributed by atoms with Gasteiger partial charge in [0.1, 0.15) is 0 Å². The Morgan fingerprint density at radius 2 is 2.18 bits per heavy atom. The molecule has 0 radical (unpaired) electrons. The minimum absolute atomic E-state index is 0.126. The number of nitrogens with one attached hydrogen (secondary N) is 2. The van der Waals surface area contributed by atoms with Gasteiger partial charge in [-0.25, -0.2) is 0 Å². The molecule has 6 heteroatoms. The van der Waals surface area contributed by atoms with Crippen LogP contribution < -0.4 is 15.5 Å². The third-order valence-corrected chi connectivity index (χ3v) is 3.81. The number of aromatic hydroxyl groups is 1. The molecule has 3 N–H and O–H groups in total. The van der Waals surface area contributed by atoms with Crippen molar-refractivity contribution >= 4 is 23.5 Å². The van der Waals surface area contributed by atoms with Crippen LogP contribution in [0.15, 0.2) is 23.3 Å². The molecule has 0 aromatic heterocycles. The van der Waals surface area contributed by atoms with Crippen molar-refractivity contribution in [1.82, 2.24) is 10.7 Å². The first-order valence-corrected chi connectivity index (χ1v) is 8.15. The molecule has 22 heavy (non-hydrogen) atoms. The molecule has 0 spiro atoms. The molecule has 0 atom stereocenters. The lowest BCUT2D eigenvalue weighted by Crippen LogP contribution is -2.40. The molecule has 0 aliphatic heterocycles. The number of hydrogen-bond acceptors (Lipinski definition) is 4. The number of benzene rings is 1. The number of phenolic OH excluding ortho intramolecular Hbond substituents is 1. The Labute approximate surface area is 136 Å². The first kappa shape index (κ1) is 16.5. The van der Waals surface area contributed by atoms with Gasteiger partial charge in [0, 0.05) is 6.04 Å². The van der Waals surface area contributed by atoms with E-state index in [0.717, 1.165) is 5.56 Å². The highest BCUT2D eigenvalue weighted by Crippen LogP contribution is 2.26. The highest BCUT2D eigenvalue weighted by Gasteiger charge is 2.13. The van der Waals surface area contributed by atoms with Crippen molar-refractivity contribution in [3.05, 3.63) is 23.8 Å². The van der Waals surface area contributed by atoms with Crippen molar-refractivity contribution in [2.75, 3.05) is 6.61 Å². The summed E-state index contributed by atoms with van der Waals surface area (Å²) in [6.45, 7) is 2.37. The van der Waals surface area contributed by atoms with E-state index in [1.54, 1.807) is 24.4 Å². The second-order valence-electron chi connectivity index (χ2n) is 5.34. The summed E-state index contributed by atoms with van der Waals surface area (Å²) in [4.78, 5) is 0. The Hall–Kier alpha value is -1.82. The molecule has 1 aromatic rings. The number of rotatable bonds is 5. The lowest BCUT2D eigenvalue weighted by atomic mass is 9.96. The van der Waals surface area contributed by atoms with Crippen molar-refractivity contribution < 1.29 is 9.84 Å². The van der Waals surface area contributed by atoms with Crippen LogP contribution in [0.3, 0.4) is 0 Å². The second-order valence-corrected chi connectivity index (χ2v) is 5.75. The minimum atomic E-state index is 0.126. The third-order valence-electron chi connectivity index (χ3n) is 3.60. The Bertz CT molecular complexity index is 528. The monoisotopic (exact) mass is 321 g/mol. The normalized spacial score (nSPS) is 15.7. The molecule has 0 heterocycles. The Morgan fingerprint density at radius 1 is 1.41 bits per heavy atom. The summed E-state index contributed by atoms with van der Waals surface area (Å²) in [5.74, 6) is 0.579. The van der Waals surface area contributed by atoms with E-state index in [1.807, 2.05) is 6.92 Å². The predicted octanol–water partition coefficient (Wildman–Crippen LogP) is 2.92. The number of hydrazone groups is 1. The van der Waals surface area contributed by atoms with E-state index < -0.39 is 0 Å². The van der Waals surface area contributed by atoms with Gasteiger partial charge >= 0.3 is 0 Å². The van der Waals surface area contributed by atoms with Crippen molar-refractivity contribution in [3.63, 3.8) is 0 Å². The predicted molar refractivity (Wildman–Crippen MR) is 92.6 cm³/mol. The lowest BCUT2D eigenvalue weighted by molar-refractivity contribution is 0.318. The van der Waals surface area contributed by atoms with E-state index in [0.29, 0.717) is 23.5 Å². The topological polar surface area (TPSA) is 65.9 Å². The number of hydrogen-bond donors (Lipinski definition) is 3. The lowest BCUT2D eigenvalue weighted by Gasteiger charge is -2.23. The summed E-state index contributed by atoms with van der Waals surface area (Å²) >= 11 is 5.24. The van der Waals surface area contributed by atoms with Gasteiger partial charge in [0.05, 0.1) is 12.8 Å². The maximum atomic E-state index is 9.65. The molecule has 5 nitrogen and oxygen atoms in total. The summed E-state index contributed by atoms with van der Waals surface area (Å²) < 4.78 is 5.34. The van der Waals surface area contributed by atoms with Crippen LogP contribution in [0.4, 0.5) is 0 Å². The van der Waals surface area contributed by atoms with Crippen LogP contribution in [0.5, 0.6) is 11.5 Å². The van der Waals surface area contributed by atoms with Gasteiger partial charge in [-0.3, -0.25) is 5.43 Å². The largest absolute Gasteiger partial charge is 0.504 e. The summed E-state index contributed by atoms with van der Waals surface area (Å²) in [7, 11) is 0. The molecule has 2 rings (SSSR count). The maximum absolute atomic E-state index is 9.65. The highest BCUT2D eigenvalue weighted by molar-refractivity contribution is 7.80. The molecular formula is C16H23N3O2S. The molecule has 1 aromatic carbocycles. The van der Waals surface area contributed by atoms with Gasteiger partial charge in [0.15, 0.2) is 16.6 Å². The molecule has 0 unspecified atom stereocenters. The van der Waals surface area contributed by atoms with Gasteiger partial charge < -0.3 is 15.2 Å². The first-order valence-electron chi connectivity index (χ1n) is 7.74. The summed E-state index contributed by atoms with van der Waals surface area (Å²) in [5, 5.41) is 17.6. The van der Waals surface area contributed by atoms with Crippen LogP contribution in [-0.2, 0) is 0 Å². The van der Waals surface area contributed by atoms with Crippen molar-refractivity contribution in [3.8, 4) is 11.5 Å². The van der Waals surface area contributed by atoms with Crippen molar-refractivity contribution in [2.24, 2.45) is 5.10 Å². The number of thiocarbonyl (C=S) groups is 1. The van der Waals surface area contributed by atoms with Crippen LogP contribution >= 0.6 is 12.2 Å². The summed E-state index contributed by atoms with van der Waals surface area (Å²) in [5.41, 5.74) is 3.66. The summed E-state index contributed by atoms with van der Waals surface area (Å²) in [6, 6.07) is 5.55. The zero-order chi connectivity index (χ0) is 15.8. The van der Waals surface area contributed by atoms with Gasteiger partial charge in [-0.1, -0.05) is 19.3 Å². The molecule has 0 saturated heterocycles. The van der Waals surface area contributed by atoms with Crippen LogP contribution in [-0.4, -0.2) is 29.1 Å². The number of ether oxygens (including phenoxy) is 1. The zero-order valence-electron chi connectivity index (χ0n) is 12.8. The standard InChI is InChI=1S/C16H23N3O2S/c1-2-21-15-10-12(8-9-14(15)20)11-17-19-16(22)18-13-6-4-3-5-7-13/h8-11,13,20H,2-7H2,1H3,(H2,18,19,22)/b17-11+. The Balaban J connectivity index is 1.83. The molecule has 1 aliphatic rings. The van der Waals surface area contributed by atoms with E-state index >= 15 is 0 Å². The molecule has 1 fully saturated rings. The Kier molecular flexibility index (Phi) is 6.45. The highest BCUT2D eigenvalue weighted by atomic mass is 32.1. The Morgan fingerprint density at radius 3 is 2.91 bits per heavy atom. The number of phenols is 1. The fourth-order valence-corrected chi connectivity index (χ4v) is 2.73. The SMILES string of the molecule is CCOc1cc(/C=N/NC(=S)NC2CCCCC2)ccc1O. The van der Waals surface area contributed by atoms with Crippen LogP contribution in [0.25, 0.3) is 0 Å². The van der Waals surface area contributed by atoms with Gasteiger partial charge in [0.2, 0.25) is 0 Å². The van der Waals surface area contributed by atoms with Gasteiger partial charge in [0.25, 0.3) is 0 Å². The fourth-order valence-electron chi connectivity index (χ4n) is 2.51. The molecule has 120 valence electrons. The van der Waals surface area contributed by atoms with E-state index in [1.165, 1.54) is 32.1 Å². The van der Waals surface area contributed by atoms with Gasteiger partial charge in [-0.2, -0.15) is 5.10 Å². The first-order chi connectivity index (χ1) is 10.7. The molecule has 0 amide bonds. The molecule has 1 aliphatic carbocycles. The van der Waals surface area contributed by atoms with E-state index in [9.17, 15) is 5.11 Å². The van der Waals surface area contributed by atoms with E-state index in [-0.39, 0.29) is 5.75 Å². The summed E-state index contributed by atoms with van der Waals surface area (Å²) in [6.07, 6.45) is 7.83. The van der Waals surface area contributed by atoms with Gasteiger partial charge in [-0.05, 0) is 55.7 Å². The van der Waals surface area contributed by atoms with Crippen LogP contribution in [0, 0.1) is 0 Å². The van der Waals surface area contributed by atoms with Crippen LogP contribution in [0.1, 0.15) is 44.6 Å². The molecule has 0 bridgehead atoms. The van der Waals surface area contributed by atoms with Crippen LogP contribution in [0.2, 0.25) is 0 Å². The van der Waals surface area contributed by atoms with E-state index in [4.69, 9.17) is 17.0 Å². The van der Waals surface area contributed by atoms with Crippen molar-refractivity contribution in [2.45, 2.75) is 45.1 Å². The average Bonchev–Trinajstić information content (AvgIpc) is 2.51. The maximum Gasteiger partial charge on any atom is 0.187 e.